The van der Waals surface area contributed by atoms with Gasteiger partial charge in [-0.3, -0.25) is 19.2 Å². The first-order chi connectivity index (χ1) is 18.8. The van der Waals surface area contributed by atoms with Crippen LogP contribution in [0, 0.1) is 23.2 Å². The molecule has 2 aliphatic heterocycles. The molecule has 9 heteroatoms. The molecule has 3 aliphatic rings. The van der Waals surface area contributed by atoms with Gasteiger partial charge in [-0.2, -0.15) is 0 Å². The van der Waals surface area contributed by atoms with Gasteiger partial charge in [0.05, 0.1) is 18.4 Å². The van der Waals surface area contributed by atoms with Crippen molar-refractivity contribution >= 4 is 23.9 Å². The molecule has 224 valence electrons. The van der Waals surface area contributed by atoms with Crippen molar-refractivity contribution in [2.24, 2.45) is 23.2 Å². The second-order valence-corrected chi connectivity index (χ2v) is 11.9. The van der Waals surface area contributed by atoms with Crippen LogP contribution in [-0.4, -0.2) is 54.9 Å². The van der Waals surface area contributed by atoms with E-state index < -0.39 is 53.1 Å². The third kappa shape index (κ3) is 6.39. The van der Waals surface area contributed by atoms with Crippen LogP contribution in [-0.2, 0) is 42.9 Å². The van der Waals surface area contributed by atoms with Crippen molar-refractivity contribution in [3.05, 3.63) is 23.5 Å². The summed E-state index contributed by atoms with van der Waals surface area (Å²) in [6, 6.07) is 0. The van der Waals surface area contributed by atoms with Gasteiger partial charge in [-0.15, -0.1) is 0 Å². The molecule has 40 heavy (non-hydrogen) atoms. The Labute approximate surface area is 238 Å². The summed E-state index contributed by atoms with van der Waals surface area (Å²) in [4.78, 5) is 50.8. The van der Waals surface area contributed by atoms with Crippen LogP contribution < -0.4 is 0 Å². The third-order valence-electron chi connectivity index (χ3n) is 8.84. The normalized spacial score (nSPS) is 33.9. The predicted molar refractivity (Wildman–Crippen MR) is 147 cm³/mol. The fourth-order valence-electron chi connectivity index (χ4n) is 6.62. The van der Waals surface area contributed by atoms with Crippen LogP contribution in [0.4, 0.5) is 0 Å². The molecular weight excluding hydrogens is 516 g/mol. The van der Waals surface area contributed by atoms with Gasteiger partial charge in [0.1, 0.15) is 29.7 Å². The number of esters is 4. The molecule has 8 unspecified atom stereocenters. The zero-order valence-corrected chi connectivity index (χ0v) is 25.2. The van der Waals surface area contributed by atoms with Crippen molar-refractivity contribution in [2.75, 3.05) is 7.11 Å². The van der Waals surface area contributed by atoms with E-state index in [0.29, 0.717) is 37.0 Å². The van der Waals surface area contributed by atoms with Gasteiger partial charge in [0.2, 0.25) is 0 Å². The topological polar surface area (TPSA) is 114 Å². The standard InChI is InChI=1S/C31H46O9/c1-9-11-25(33)38-22-17-24(37-20(5)32)31(7)23(39-26(34)12-10-2)14-16-30(6)15-13-21(18(3)29(35)36-8)28(40-30)27(31)19(22)4/h13,15,18-19,22-24,27H,9-12,14,16-17H2,1-8H3. The summed E-state index contributed by atoms with van der Waals surface area (Å²) in [6.45, 7) is 12.8. The van der Waals surface area contributed by atoms with Gasteiger partial charge in [0.25, 0.3) is 0 Å². The summed E-state index contributed by atoms with van der Waals surface area (Å²) in [5.74, 6) is -2.46. The van der Waals surface area contributed by atoms with E-state index in [1.165, 1.54) is 14.0 Å². The van der Waals surface area contributed by atoms with Gasteiger partial charge in [-0.1, -0.05) is 33.8 Å². The van der Waals surface area contributed by atoms with E-state index in [4.69, 9.17) is 23.7 Å². The van der Waals surface area contributed by atoms with Crippen molar-refractivity contribution in [1.82, 2.24) is 0 Å². The van der Waals surface area contributed by atoms with Crippen molar-refractivity contribution < 1.29 is 42.9 Å². The van der Waals surface area contributed by atoms with Gasteiger partial charge < -0.3 is 23.7 Å². The van der Waals surface area contributed by atoms with Gasteiger partial charge >= 0.3 is 23.9 Å². The fourth-order valence-corrected chi connectivity index (χ4v) is 6.62. The molecule has 0 aromatic carbocycles. The van der Waals surface area contributed by atoms with Crippen LogP contribution in [0.5, 0.6) is 0 Å². The number of carbonyl (C=O) groups excluding carboxylic acids is 4. The highest BCUT2D eigenvalue weighted by atomic mass is 16.6. The molecule has 0 N–H and O–H groups in total. The number of fused-ring (bicyclic) bond motifs is 4. The minimum Gasteiger partial charge on any atom is -0.487 e. The Bertz CT molecular complexity index is 1050. The van der Waals surface area contributed by atoms with Gasteiger partial charge in [-0.05, 0) is 45.6 Å². The fraction of sp³-hybridized carbons (Fsp3) is 0.742. The molecule has 9 nitrogen and oxygen atoms in total. The first kappa shape index (κ1) is 31.7. The first-order valence-corrected chi connectivity index (χ1v) is 14.6. The molecule has 0 amide bonds. The van der Waals surface area contributed by atoms with Crippen molar-refractivity contribution in [3.63, 3.8) is 0 Å². The Morgan fingerprint density at radius 1 is 1.02 bits per heavy atom. The highest BCUT2D eigenvalue weighted by Gasteiger charge is 2.62. The Kier molecular flexibility index (Phi) is 10.1. The highest BCUT2D eigenvalue weighted by Crippen LogP contribution is 2.58. The Hall–Kier alpha value is -2.84. The van der Waals surface area contributed by atoms with E-state index in [2.05, 4.69) is 0 Å². The molecule has 2 bridgehead atoms. The molecule has 2 heterocycles. The molecule has 0 aromatic rings. The second kappa shape index (κ2) is 12.8. The molecule has 3 rings (SSSR count). The summed E-state index contributed by atoms with van der Waals surface area (Å²) >= 11 is 0. The van der Waals surface area contributed by atoms with Crippen LogP contribution in [0.3, 0.4) is 0 Å². The molecule has 1 saturated heterocycles. The Morgan fingerprint density at radius 3 is 2.23 bits per heavy atom. The zero-order valence-electron chi connectivity index (χ0n) is 25.2. The molecule has 0 spiro atoms. The summed E-state index contributed by atoms with van der Waals surface area (Å²) in [5.41, 5.74) is -1.01. The Balaban J connectivity index is 2.27. The largest absolute Gasteiger partial charge is 0.487 e. The van der Waals surface area contributed by atoms with Crippen LogP contribution in [0.15, 0.2) is 23.5 Å². The highest BCUT2D eigenvalue weighted by molar-refractivity contribution is 5.76. The minimum atomic E-state index is -0.939. The minimum absolute atomic E-state index is 0.257. The van der Waals surface area contributed by atoms with Crippen LogP contribution in [0.2, 0.25) is 0 Å². The second-order valence-electron chi connectivity index (χ2n) is 11.9. The summed E-state index contributed by atoms with van der Waals surface area (Å²) < 4.78 is 30.0. The van der Waals surface area contributed by atoms with Gasteiger partial charge in [0.15, 0.2) is 0 Å². The monoisotopic (exact) mass is 562 g/mol. The van der Waals surface area contributed by atoms with Crippen LogP contribution >= 0.6 is 0 Å². The van der Waals surface area contributed by atoms with E-state index in [1.807, 2.05) is 46.8 Å². The SMILES string of the molecule is CCCC(=O)OC1CC(OC(C)=O)C2(C)C(OC(=O)CCC)CCC3(C)C=CC(C(C)C(=O)OC)=C(O3)C2C1C. The number of methoxy groups -OCH3 is 1. The predicted octanol–water partition coefficient (Wildman–Crippen LogP) is 5.21. The van der Waals surface area contributed by atoms with Crippen molar-refractivity contribution in [2.45, 2.75) is 117 Å². The van der Waals surface area contributed by atoms with E-state index >= 15 is 0 Å². The molecule has 1 aliphatic carbocycles. The van der Waals surface area contributed by atoms with Crippen LogP contribution in [0.1, 0.15) is 93.4 Å². The lowest BCUT2D eigenvalue weighted by Crippen LogP contribution is -2.62. The van der Waals surface area contributed by atoms with Crippen LogP contribution in [0.25, 0.3) is 0 Å². The zero-order chi connectivity index (χ0) is 29.8. The lowest BCUT2D eigenvalue weighted by atomic mass is 9.55. The molecular formula is C31H46O9. The van der Waals surface area contributed by atoms with Gasteiger partial charge in [-0.25, -0.2) is 0 Å². The third-order valence-corrected chi connectivity index (χ3v) is 8.84. The lowest BCUT2D eigenvalue weighted by Gasteiger charge is -2.57. The molecule has 2 fully saturated rings. The maximum absolute atomic E-state index is 12.9. The molecule has 0 aromatic heterocycles. The maximum atomic E-state index is 12.9. The van der Waals surface area contributed by atoms with Gasteiger partial charge in [0, 0.05) is 43.6 Å². The average Bonchev–Trinajstić information content (AvgIpc) is 2.88. The Morgan fingerprint density at radius 2 is 1.65 bits per heavy atom. The van der Waals surface area contributed by atoms with E-state index in [1.54, 1.807) is 6.92 Å². The summed E-state index contributed by atoms with van der Waals surface area (Å²) in [5, 5.41) is 0. The quantitative estimate of drug-likeness (QED) is 0.276. The van der Waals surface area contributed by atoms with Crippen molar-refractivity contribution in [3.8, 4) is 0 Å². The molecule has 0 radical (unpaired) electrons. The van der Waals surface area contributed by atoms with Crippen molar-refractivity contribution in [1.29, 1.82) is 0 Å². The summed E-state index contributed by atoms with van der Waals surface area (Å²) in [7, 11) is 1.34. The molecule has 8 atom stereocenters. The smallest absolute Gasteiger partial charge is 0.312 e. The number of hydrogen-bond donors (Lipinski definition) is 0. The maximum Gasteiger partial charge on any atom is 0.312 e. The summed E-state index contributed by atoms with van der Waals surface area (Å²) in [6.07, 6.45) is 5.00. The van der Waals surface area contributed by atoms with E-state index in [0.717, 1.165) is 0 Å². The number of hydrogen-bond acceptors (Lipinski definition) is 9. The average molecular weight is 563 g/mol. The van der Waals surface area contributed by atoms with E-state index in [-0.39, 0.29) is 37.1 Å². The number of ether oxygens (including phenoxy) is 5. The lowest BCUT2D eigenvalue weighted by molar-refractivity contribution is -0.218. The van der Waals surface area contributed by atoms with E-state index in [9.17, 15) is 19.2 Å². The number of carbonyl (C=O) groups is 4. The number of allylic oxidation sites excluding steroid dienone is 2. The first-order valence-electron chi connectivity index (χ1n) is 14.6. The molecule has 1 saturated carbocycles. The number of rotatable bonds is 9.